The highest BCUT2D eigenvalue weighted by molar-refractivity contribution is 7.89. The van der Waals surface area contributed by atoms with Gasteiger partial charge in [-0.3, -0.25) is 0 Å². The van der Waals surface area contributed by atoms with Crippen molar-refractivity contribution in [1.29, 1.82) is 5.26 Å². The molecule has 0 unspecified atom stereocenters. The Labute approximate surface area is 129 Å². The number of hydrogen-bond acceptors (Lipinski definition) is 4. The molecule has 0 fully saturated rings. The predicted molar refractivity (Wildman–Crippen MR) is 80.4 cm³/mol. The standard InChI is InChI=1S/C15H16N4O2S/c1-2-18-11-17-14-7-8-19(10-15(14)18)22(20,21)13-5-3-12(9-16)4-6-13/h3-6,11H,2,7-8,10H2,1H3. The zero-order valence-corrected chi connectivity index (χ0v) is 13.0. The molecular weight excluding hydrogens is 300 g/mol. The summed E-state index contributed by atoms with van der Waals surface area (Å²) in [5, 5.41) is 8.80. The largest absolute Gasteiger partial charge is 0.333 e. The van der Waals surface area contributed by atoms with E-state index < -0.39 is 10.0 Å². The lowest BCUT2D eigenvalue weighted by Gasteiger charge is -2.26. The van der Waals surface area contributed by atoms with Gasteiger partial charge in [0.1, 0.15) is 0 Å². The lowest BCUT2D eigenvalue weighted by molar-refractivity contribution is 0.377. The first-order valence-corrected chi connectivity index (χ1v) is 8.53. The topological polar surface area (TPSA) is 79.0 Å². The highest BCUT2D eigenvalue weighted by Gasteiger charge is 2.30. The molecule has 0 amide bonds. The van der Waals surface area contributed by atoms with Crippen LogP contribution in [0.25, 0.3) is 0 Å². The van der Waals surface area contributed by atoms with E-state index in [1.54, 1.807) is 6.33 Å². The van der Waals surface area contributed by atoms with Crippen molar-refractivity contribution in [3.8, 4) is 6.07 Å². The molecule has 0 radical (unpaired) electrons. The minimum absolute atomic E-state index is 0.220. The summed E-state index contributed by atoms with van der Waals surface area (Å²) in [6.07, 6.45) is 2.39. The van der Waals surface area contributed by atoms with Crippen LogP contribution in [0.2, 0.25) is 0 Å². The van der Waals surface area contributed by atoms with Crippen LogP contribution in [0.15, 0.2) is 35.5 Å². The average Bonchev–Trinajstić information content (AvgIpc) is 2.97. The van der Waals surface area contributed by atoms with Gasteiger partial charge in [0.2, 0.25) is 10.0 Å². The maximum absolute atomic E-state index is 12.7. The molecule has 7 heteroatoms. The van der Waals surface area contributed by atoms with Crippen molar-refractivity contribution in [2.24, 2.45) is 0 Å². The van der Waals surface area contributed by atoms with E-state index in [0.717, 1.165) is 17.9 Å². The summed E-state index contributed by atoms with van der Waals surface area (Å²) >= 11 is 0. The highest BCUT2D eigenvalue weighted by Crippen LogP contribution is 2.24. The lowest BCUT2D eigenvalue weighted by atomic mass is 10.2. The Kier molecular flexibility index (Phi) is 3.72. The fourth-order valence-corrected chi connectivity index (χ4v) is 4.05. The Morgan fingerprint density at radius 2 is 2.05 bits per heavy atom. The average molecular weight is 316 g/mol. The molecule has 1 aliphatic heterocycles. The number of sulfonamides is 1. The normalized spacial score (nSPS) is 15.3. The van der Waals surface area contributed by atoms with Gasteiger partial charge in [-0.1, -0.05) is 0 Å². The smallest absolute Gasteiger partial charge is 0.243 e. The van der Waals surface area contributed by atoms with E-state index in [1.807, 2.05) is 17.6 Å². The van der Waals surface area contributed by atoms with Gasteiger partial charge in [-0.25, -0.2) is 13.4 Å². The number of aryl methyl sites for hydroxylation is 1. The first-order valence-electron chi connectivity index (χ1n) is 7.09. The SMILES string of the molecule is CCn1cnc2c1CN(S(=O)(=O)c1ccc(C#N)cc1)CC2. The Morgan fingerprint density at radius 3 is 2.68 bits per heavy atom. The summed E-state index contributed by atoms with van der Waals surface area (Å²) in [6, 6.07) is 8.02. The van der Waals surface area contributed by atoms with Gasteiger partial charge in [0.25, 0.3) is 0 Å². The second-order valence-electron chi connectivity index (χ2n) is 5.15. The predicted octanol–water partition coefficient (Wildman–Crippen LogP) is 1.52. The number of rotatable bonds is 3. The molecule has 0 spiro atoms. The van der Waals surface area contributed by atoms with Gasteiger partial charge in [-0.2, -0.15) is 9.57 Å². The van der Waals surface area contributed by atoms with Crippen LogP contribution in [0.4, 0.5) is 0 Å². The first-order chi connectivity index (χ1) is 10.6. The molecule has 6 nitrogen and oxygen atoms in total. The van der Waals surface area contributed by atoms with Crippen LogP contribution in [-0.4, -0.2) is 28.8 Å². The summed E-state index contributed by atoms with van der Waals surface area (Å²) in [5.41, 5.74) is 2.39. The van der Waals surface area contributed by atoms with Crippen molar-refractivity contribution in [2.75, 3.05) is 6.54 Å². The van der Waals surface area contributed by atoms with Crippen molar-refractivity contribution >= 4 is 10.0 Å². The maximum atomic E-state index is 12.7. The van der Waals surface area contributed by atoms with Crippen molar-refractivity contribution in [1.82, 2.24) is 13.9 Å². The molecule has 2 aromatic rings. The molecule has 22 heavy (non-hydrogen) atoms. The molecule has 1 aromatic carbocycles. The van der Waals surface area contributed by atoms with Crippen molar-refractivity contribution < 1.29 is 8.42 Å². The van der Waals surface area contributed by atoms with E-state index in [2.05, 4.69) is 4.98 Å². The summed E-state index contributed by atoms with van der Waals surface area (Å²) in [6.45, 7) is 3.55. The number of nitrogens with zero attached hydrogens (tertiary/aromatic N) is 4. The quantitative estimate of drug-likeness (QED) is 0.860. The number of imidazole rings is 1. The summed E-state index contributed by atoms with van der Waals surface area (Å²) < 4.78 is 28.9. The van der Waals surface area contributed by atoms with Crippen LogP contribution in [0.1, 0.15) is 23.9 Å². The van der Waals surface area contributed by atoms with Crippen LogP contribution in [-0.2, 0) is 29.5 Å². The fraction of sp³-hybridized carbons (Fsp3) is 0.333. The maximum Gasteiger partial charge on any atom is 0.243 e. The molecule has 2 heterocycles. The molecule has 0 N–H and O–H groups in total. The molecule has 1 aliphatic rings. The van der Waals surface area contributed by atoms with Crippen LogP contribution in [0.3, 0.4) is 0 Å². The molecule has 0 saturated carbocycles. The van der Waals surface area contributed by atoms with Gasteiger partial charge >= 0.3 is 0 Å². The molecule has 0 atom stereocenters. The zero-order chi connectivity index (χ0) is 15.7. The van der Waals surface area contributed by atoms with Crippen molar-refractivity contribution in [2.45, 2.75) is 31.3 Å². The van der Waals surface area contributed by atoms with Crippen LogP contribution in [0, 0.1) is 11.3 Å². The lowest BCUT2D eigenvalue weighted by Crippen LogP contribution is -2.36. The van der Waals surface area contributed by atoms with E-state index in [9.17, 15) is 8.42 Å². The van der Waals surface area contributed by atoms with Crippen molar-refractivity contribution in [3.63, 3.8) is 0 Å². The third kappa shape index (κ3) is 2.40. The number of hydrogen-bond donors (Lipinski definition) is 0. The summed E-state index contributed by atoms with van der Waals surface area (Å²) in [4.78, 5) is 4.56. The molecule has 0 aliphatic carbocycles. The monoisotopic (exact) mass is 316 g/mol. The van der Waals surface area contributed by atoms with Crippen molar-refractivity contribution in [3.05, 3.63) is 47.5 Å². The fourth-order valence-electron chi connectivity index (χ4n) is 2.65. The van der Waals surface area contributed by atoms with Crippen LogP contribution < -0.4 is 0 Å². The van der Waals surface area contributed by atoms with Crippen LogP contribution >= 0.6 is 0 Å². The minimum atomic E-state index is -3.55. The second kappa shape index (κ2) is 5.55. The van der Waals surface area contributed by atoms with Crippen LogP contribution in [0.5, 0.6) is 0 Å². The van der Waals surface area contributed by atoms with Gasteiger partial charge in [0, 0.05) is 19.5 Å². The molecule has 114 valence electrons. The number of benzene rings is 1. The Hall–Kier alpha value is -2.17. The third-order valence-electron chi connectivity index (χ3n) is 3.92. The Bertz CT molecular complexity index is 818. The molecule has 0 saturated heterocycles. The molecule has 3 rings (SSSR count). The third-order valence-corrected chi connectivity index (χ3v) is 5.78. The summed E-state index contributed by atoms with van der Waals surface area (Å²) in [7, 11) is -3.55. The second-order valence-corrected chi connectivity index (χ2v) is 7.09. The Balaban J connectivity index is 1.92. The minimum Gasteiger partial charge on any atom is -0.333 e. The summed E-state index contributed by atoms with van der Waals surface area (Å²) in [5.74, 6) is 0. The highest BCUT2D eigenvalue weighted by atomic mass is 32.2. The number of fused-ring (bicyclic) bond motifs is 1. The van der Waals surface area contributed by atoms with Gasteiger partial charge in [0.15, 0.2) is 0 Å². The van der Waals surface area contributed by atoms with Gasteiger partial charge in [-0.15, -0.1) is 0 Å². The molecular formula is C15H16N4O2S. The zero-order valence-electron chi connectivity index (χ0n) is 12.2. The molecule has 0 bridgehead atoms. The van der Waals surface area contributed by atoms with E-state index in [-0.39, 0.29) is 4.90 Å². The number of aromatic nitrogens is 2. The Morgan fingerprint density at radius 1 is 1.32 bits per heavy atom. The van der Waals surface area contributed by atoms with E-state index in [4.69, 9.17) is 5.26 Å². The molecule has 1 aromatic heterocycles. The van der Waals surface area contributed by atoms with E-state index >= 15 is 0 Å². The van der Waals surface area contributed by atoms with Gasteiger partial charge < -0.3 is 4.57 Å². The van der Waals surface area contributed by atoms with E-state index in [0.29, 0.717) is 25.1 Å². The number of nitriles is 1. The van der Waals surface area contributed by atoms with Gasteiger partial charge in [0.05, 0.1) is 40.8 Å². The first kappa shape index (κ1) is 14.8. The van der Waals surface area contributed by atoms with Gasteiger partial charge in [-0.05, 0) is 31.2 Å². The van der Waals surface area contributed by atoms with E-state index in [1.165, 1.54) is 28.6 Å².